The van der Waals surface area contributed by atoms with E-state index in [1.165, 1.54) is 5.56 Å². The molecule has 0 aliphatic heterocycles. The molecule has 0 aliphatic rings. The third kappa shape index (κ3) is 3.92. The van der Waals surface area contributed by atoms with Crippen LogP contribution in [0.25, 0.3) is 0 Å². The molecule has 92 valence electrons. The van der Waals surface area contributed by atoms with Gasteiger partial charge >= 0.3 is 0 Å². The lowest BCUT2D eigenvalue weighted by Gasteiger charge is -2.16. The molecule has 0 saturated carbocycles. The van der Waals surface area contributed by atoms with E-state index in [2.05, 4.69) is 10.4 Å². The molecule has 16 heavy (non-hydrogen) atoms. The zero-order chi connectivity index (χ0) is 12.0. The summed E-state index contributed by atoms with van der Waals surface area (Å²) in [5.41, 5.74) is 2.22. The Bertz CT molecular complexity index is 306. The molecule has 0 saturated heterocycles. The van der Waals surface area contributed by atoms with E-state index in [0.29, 0.717) is 13.0 Å². The predicted molar refractivity (Wildman–Crippen MR) is 62.2 cm³/mol. The molecule has 0 aliphatic carbocycles. The van der Waals surface area contributed by atoms with Crippen LogP contribution >= 0.6 is 0 Å². The average molecular weight is 227 g/mol. The van der Waals surface area contributed by atoms with Crippen LogP contribution < -0.4 is 5.32 Å². The lowest BCUT2D eigenvalue weighted by Crippen LogP contribution is -2.33. The molecular weight excluding hydrogens is 206 g/mol. The second-order valence-corrected chi connectivity index (χ2v) is 3.96. The highest BCUT2D eigenvalue weighted by atomic mass is 16.5. The number of aryl methyl sites for hydroxylation is 2. The van der Waals surface area contributed by atoms with Gasteiger partial charge in [-0.3, -0.25) is 4.68 Å². The number of hydrogen-bond donors (Lipinski definition) is 2. The molecular formula is C11H21N3O2. The van der Waals surface area contributed by atoms with Gasteiger partial charge in [0.15, 0.2) is 0 Å². The fourth-order valence-electron chi connectivity index (χ4n) is 1.68. The summed E-state index contributed by atoms with van der Waals surface area (Å²) in [6.45, 7) is 3.54. The third-order valence-corrected chi connectivity index (χ3v) is 2.54. The van der Waals surface area contributed by atoms with Crippen LogP contribution in [0.3, 0.4) is 0 Å². The highest BCUT2D eigenvalue weighted by Crippen LogP contribution is 2.05. The first-order valence-electron chi connectivity index (χ1n) is 5.49. The van der Waals surface area contributed by atoms with Crippen LogP contribution in [0.5, 0.6) is 0 Å². The fraction of sp³-hybridized carbons (Fsp3) is 0.727. The normalized spacial score (nSPS) is 13.0. The maximum atomic E-state index is 8.91. The second kappa shape index (κ2) is 6.62. The summed E-state index contributed by atoms with van der Waals surface area (Å²) in [6.07, 6.45) is 2.71. The van der Waals surface area contributed by atoms with Crippen molar-refractivity contribution >= 4 is 0 Å². The van der Waals surface area contributed by atoms with Gasteiger partial charge in [0, 0.05) is 45.1 Å². The van der Waals surface area contributed by atoms with Crippen molar-refractivity contribution in [2.75, 3.05) is 20.3 Å². The molecule has 0 spiro atoms. The highest BCUT2D eigenvalue weighted by molar-refractivity contribution is 5.14. The SMILES string of the molecule is COCC(CCO)NCc1cn(C)nc1C. The number of nitrogens with one attached hydrogen (secondary N) is 1. The Morgan fingerprint density at radius 1 is 1.62 bits per heavy atom. The molecule has 1 atom stereocenters. The number of ether oxygens (including phenoxy) is 1. The second-order valence-electron chi connectivity index (χ2n) is 3.96. The van der Waals surface area contributed by atoms with Gasteiger partial charge in [0.1, 0.15) is 0 Å². The molecule has 5 nitrogen and oxygen atoms in total. The van der Waals surface area contributed by atoms with Crippen LogP contribution in [-0.4, -0.2) is 41.3 Å². The number of methoxy groups -OCH3 is 1. The van der Waals surface area contributed by atoms with Crippen molar-refractivity contribution in [1.82, 2.24) is 15.1 Å². The molecule has 1 rings (SSSR count). The predicted octanol–water partition coefficient (Wildman–Crippen LogP) is 0.216. The number of aromatic nitrogens is 2. The number of nitrogens with zero attached hydrogens (tertiary/aromatic N) is 2. The summed E-state index contributed by atoms with van der Waals surface area (Å²) in [6, 6.07) is 0.189. The first-order chi connectivity index (χ1) is 7.67. The molecule has 0 amide bonds. The largest absolute Gasteiger partial charge is 0.396 e. The number of aliphatic hydroxyl groups excluding tert-OH is 1. The van der Waals surface area contributed by atoms with Crippen LogP contribution in [0.2, 0.25) is 0 Å². The van der Waals surface area contributed by atoms with Crippen LogP contribution in [0.15, 0.2) is 6.20 Å². The van der Waals surface area contributed by atoms with E-state index in [4.69, 9.17) is 9.84 Å². The van der Waals surface area contributed by atoms with Crippen LogP contribution in [0.1, 0.15) is 17.7 Å². The highest BCUT2D eigenvalue weighted by Gasteiger charge is 2.09. The lowest BCUT2D eigenvalue weighted by atomic mass is 10.2. The monoisotopic (exact) mass is 227 g/mol. The first kappa shape index (κ1) is 13.2. The summed E-state index contributed by atoms with van der Waals surface area (Å²) < 4.78 is 6.90. The molecule has 0 fully saturated rings. The van der Waals surface area contributed by atoms with Gasteiger partial charge in [-0.05, 0) is 13.3 Å². The van der Waals surface area contributed by atoms with E-state index in [-0.39, 0.29) is 12.6 Å². The number of rotatable bonds is 7. The molecule has 1 aromatic rings. The molecule has 1 aromatic heterocycles. The minimum Gasteiger partial charge on any atom is -0.396 e. The topological polar surface area (TPSA) is 59.3 Å². The zero-order valence-electron chi connectivity index (χ0n) is 10.2. The van der Waals surface area contributed by atoms with E-state index in [9.17, 15) is 0 Å². The van der Waals surface area contributed by atoms with Crippen molar-refractivity contribution in [3.8, 4) is 0 Å². The smallest absolute Gasteiger partial charge is 0.0638 e. The molecule has 5 heteroatoms. The van der Waals surface area contributed by atoms with Crippen LogP contribution in [-0.2, 0) is 18.3 Å². The van der Waals surface area contributed by atoms with Gasteiger partial charge in [-0.15, -0.1) is 0 Å². The Kier molecular flexibility index (Phi) is 5.45. The average Bonchev–Trinajstić information content (AvgIpc) is 2.54. The standard InChI is InChI=1S/C11H21N3O2/c1-9-10(7-14(2)13-9)6-12-11(4-5-15)8-16-3/h7,11-12,15H,4-6,8H2,1-3H3. The quantitative estimate of drug-likeness (QED) is 0.699. The Morgan fingerprint density at radius 3 is 2.88 bits per heavy atom. The molecule has 1 unspecified atom stereocenters. The van der Waals surface area contributed by atoms with Crippen molar-refractivity contribution in [1.29, 1.82) is 0 Å². The summed E-state index contributed by atoms with van der Waals surface area (Å²) in [5, 5.41) is 16.5. The van der Waals surface area contributed by atoms with Crippen molar-refractivity contribution in [3.63, 3.8) is 0 Å². The van der Waals surface area contributed by atoms with E-state index in [1.807, 2.05) is 24.9 Å². The maximum Gasteiger partial charge on any atom is 0.0638 e. The van der Waals surface area contributed by atoms with Gasteiger partial charge in [0.05, 0.1) is 12.3 Å². The van der Waals surface area contributed by atoms with Crippen molar-refractivity contribution in [2.45, 2.75) is 25.9 Å². The van der Waals surface area contributed by atoms with E-state index in [0.717, 1.165) is 12.2 Å². The number of hydrogen-bond acceptors (Lipinski definition) is 4. The van der Waals surface area contributed by atoms with Crippen molar-refractivity contribution in [2.24, 2.45) is 7.05 Å². The summed E-state index contributed by atoms with van der Waals surface area (Å²) >= 11 is 0. The Morgan fingerprint density at radius 2 is 2.38 bits per heavy atom. The van der Waals surface area contributed by atoms with Gasteiger partial charge in [-0.1, -0.05) is 0 Å². The van der Waals surface area contributed by atoms with Gasteiger partial charge in [-0.2, -0.15) is 5.10 Å². The van der Waals surface area contributed by atoms with Crippen LogP contribution in [0, 0.1) is 6.92 Å². The number of aliphatic hydroxyl groups is 1. The maximum absolute atomic E-state index is 8.91. The molecule has 1 heterocycles. The van der Waals surface area contributed by atoms with Gasteiger partial charge in [-0.25, -0.2) is 0 Å². The molecule has 0 bridgehead atoms. The minimum atomic E-state index is 0.174. The first-order valence-corrected chi connectivity index (χ1v) is 5.49. The van der Waals surface area contributed by atoms with Gasteiger partial charge in [0.2, 0.25) is 0 Å². The molecule has 0 aromatic carbocycles. The minimum absolute atomic E-state index is 0.174. The van der Waals surface area contributed by atoms with Gasteiger partial charge < -0.3 is 15.2 Å². The Balaban J connectivity index is 2.44. The van der Waals surface area contributed by atoms with E-state index < -0.39 is 0 Å². The Hall–Kier alpha value is -0.910. The Labute approximate surface area is 96.4 Å². The van der Waals surface area contributed by atoms with E-state index in [1.54, 1.807) is 7.11 Å². The lowest BCUT2D eigenvalue weighted by molar-refractivity contribution is 0.148. The summed E-state index contributed by atoms with van der Waals surface area (Å²) in [4.78, 5) is 0. The molecule has 2 N–H and O–H groups in total. The van der Waals surface area contributed by atoms with Gasteiger partial charge in [0.25, 0.3) is 0 Å². The van der Waals surface area contributed by atoms with Crippen molar-refractivity contribution < 1.29 is 9.84 Å². The third-order valence-electron chi connectivity index (χ3n) is 2.54. The van der Waals surface area contributed by atoms with Crippen LogP contribution in [0.4, 0.5) is 0 Å². The van der Waals surface area contributed by atoms with E-state index >= 15 is 0 Å². The van der Waals surface area contributed by atoms with Crippen molar-refractivity contribution in [3.05, 3.63) is 17.5 Å². The zero-order valence-corrected chi connectivity index (χ0v) is 10.2. The summed E-state index contributed by atoms with van der Waals surface area (Å²) in [7, 11) is 3.58. The molecule has 0 radical (unpaired) electrons. The fourth-order valence-corrected chi connectivity index (χ4v) is 1.68. The summed E-state index contributed by atoms with van der Waals surface area (Å²) in [5.74, 6) is 0.